The van der Waals surface area contributed by atoms with Crippen molar-refractivity contribution in [1.29, 1.82) is 0 Å². The predicted octanol–water partition coefficient (Wildman–Crippen LogP) is 3.43. The first-order valence-electron chi connectivity index (χ1n) is 7.09. The SMILES string of the molecule is O=C(CCNC(=O)c1ccc(Cl)cc1)NCc1ccc(Cl)cc1. The smallest absolute Gasteiger partial charge is 0.251 e. The zero-order valence-corrected chi connectivity index (χ0v) is 13.8. The van der Waals surface area contributed by atoms with Crippen molar-refractivity contribution in [2.45, 2.75) is 13.0 Å². The van der Waals surface area contributed by atoms with Crippen molar-refractivity contribution in [3.05, 3.63) is 69.7 Å². The Labute approximate surface area is 144 Å². The minimum Gasteiger partial charge on any atom is -0.352 e. The van der Waals surface area contributed by atoms with Gasteiger partial charge in [-0.05, 0) is 42.0 Å². The standard InChI is InChI=1S/C17H16Cl2N2O2/c18-14-5-1-12(2-6-14)11-21-16(22)9-10-20-17(23)13-3-7-15(19)8-4-13/h1-8H,9-11H2,(H,20,23)(H,21,22). The number of carbonyl (C=O) groups is 2. The van der Waals surface area contributed by atoms with Gasteiger partial charge in [0.2, 0.25) is 5.91 Å². The molecule has 0 radical (unpaired) electrons. The largest absolute Gasteiger partial charge is 0.352 e. The van der Waals surface area contributed by atoms with Gasteiger partial charge in [0.1, 0.15) is 0 Å². The lowest BCUT2D eigenvalue weighted by molar-refractivity contribution is -0.121. The number of benzene rings is 2. The van der Waals surface area contributed by atoms with Gasteiger partial charge < -0.3 is 10.6 Å². The van der Waals surface area contributed by atoms with Gasteiger partial charge >= 0.3 is 0 Å². The third kappa shape index (κ3) is 5.93. The van der Waals surface area contributed by atoms with Crippen LogP contribution in [0.1, 0.15) is 22.3 Å². The van der Waals surface area contributed by atoms with Gasteiger partial charge in [0, 0.05) is 35.1 Å². The molecule has 0 bridgehead atoms. The van der Waals surface area contributed by atoms with E-state index in [1.165, 1.54) is 0 Å². The number of hydrogen-bond donors (Lipinski definition) is 2. The van der Waals surface area contributed by atoms with E-state index >= 15 is 0 Å². The Hall–Kier alpha value is -2.04. The van der Waals surface area contributed by atoms with E-state index in [9.17, 15) is 9.59 Å². The molecule has 0 atom stereocenters. The second-order valence-corrected chi connectivity index (χ2v) is 5.79. The molecule has 2 amide bonds. The van der Waals surface area contributed by atoms with E-state index in [0.717, 1.165) is 5.56 Å². The van der Waals surface area contributed by atoms with Crippen LogP contribution in [0.3, 0.4) is 0 Å². The van der Waals surface area contributed by atoms with Gasteiger partial charge in [0.25, 0.3) is 5.91 Å². The van der Waals surface area contributed by atoms with Gasteiger partial charge in [-0.25, -0.2) is 0 Å². The topological polar surface area (TPSA) is 58.2 Å². The van der Waals surface area contributed by atoms with Gasteiger partial charge in [0.05, 0.1) is 0 Å². The average molecular weight is 351 g/mol. The van der Waals surface area contributed by atoms with Crippen LogP contribution < -0.4 is 10.6 Å². The van der Waals surface area contributed by atoms with Crippen LogP contribution in [0.5, 0.6) is 0 Å². The number of rotatable bonds is 6. The molecule has 0 heterocycles. The quantitative estimate of drug-likeness (QED) is 0.838. The Kier molecular flexibility index (Phi) is 6.44. The molecule has 2 rings (SSSR count). The van der Waals surface area contributed by atoms with Crippen LogP contribution in [0.15, 0.2) is 48.5 Å². The number of nitrogens with one attached hydrogen (secondary N) is 2. The van der Waals surface area contributed by atoms with Crippen LogP contribution in [0.2, 0.25) is 10.0 Å². The lowest BCUT2D eigenvalue weighted by atomic mass is 10.2. The fourth-order valence-electron chi connectivity index (χ4n) is 1.88. The van der Waals surface area contributed by atoms with E-state index in [1.807, 2.05) is 12.1 Å². The maximum Gasteiger partial charge on any atom is 0.251 e. The zero-order chi connectivity index (χ0) is 16.7. The van der Waals surface area contributed by atoms with Gasteiger partial charge in [0.15, 0.2) is 0 Å². The number of amides is 2. The molecule has 0 fully saturated rings. The third-order valence-corrected chi connectivity index (χ3v) is 3.65. The summed E-state index contributed by atoms with van der Waals surface area (Å²) in [7, 11) is 0. The second-order valence-electron chi connectivity index (χ2n) is 4.92. The van der Waals surface area contributed by atoms with Gasteiger partial charge in [-0.1, -0.05) is 35.3 Å². The summed E-state index contributed by atoms with van der Waals surface area (Å²) in [4.78, 5) is 23.6. The molecular formula is C17H16Cl2N2O2. The fourth-order valence-corrected chi connectivity index (χ4v) is 2.14. The molecule has 23 heavy (non-hydrogen) atoms. The molecule has 0 saturated heterocycles. The maximum absolute atomic E-state index is 11.9. The summed E-state index contributed by atoms with van der Waals surface area (Å²) in [6.45, 7) is 0.703. The minimum atomic E-state index is -0.229. The average Bonchev–Trinajstić information content (AvgIpc) is 2.55. The summed E-state index contributed by atoms with van der Waals surface area (Å²) in [5.41, 5.74) is 1.48. The molecule has 2 aromatic carbocycles. The van der Waals surface area contributed by atoms with Crippen molar-refractivity contribution in [2.75, 3.05) is 6.54 Å². The summed E-state index contributed by atoms with van der Waals surface area (Å²) in [6.07, 6.45) is 0.215. The summed E-state index contributed by atoms with van der Waals surface area (Å²) >= 11 is 11.6. The molecule has 0 spiro atoms. The molecule has 2 N–H and O–H groups in total. The maximum atomic E-state index is 11.9. The predicted molar refractivity (Wildman–Crippen MR) is 91.7 cm³/mol. The molecular weight excluding hydrogens is 335 g/mol. The van der Waals surface area contributed by atoms with Crippen LogP contribution in [0.25, 0.3) is 0 Å². The molecule has 2 aromatic rings. The van der Waals surface area contributed by atoms with Crippen LogP contribution in [0.4, 0.5) is 0 Å². The van der Waals surface area contributed by atoms with E-state index in [2.05, 4.69) is 10.6 Å². The van der Waals surface area contributed by atoms with E-state index in [1.54, 1.807) is 36.4 Å². The molecule has 4 nitrogen and oxygen atoms in total. The van der Waals surface area contributed by atoms with Crippen LogP contribution >= 0.6 is 23.2 Å². The molecule has 6 heteroatoms. The van der Waals surface area contributed by atoms with Crippen molar-refractivity contribution in [3.63, 3.8) is 0 Å². The number of carbonyl (C=O) groups excluding carboxylic acids is 2. The van der Waals surface area contributed by atoms with Gasteiger partial charge in [-0.2, -0.15) is 0 Å². The summed E-state index contributed by atoms with van der Waals surface area (Å²) < 4.78 is 0. The van der Waals surface area contributed by atoms with Crippen LogP contribution in [-0.2, 0) is 11.3 Å². The van der Waals surface area contributed by atoms with E-state index in [-0.39, 0.29) is 24.8 Å². The highest BCUT2D eigenvalue weighted by molar-refractivity contribution is 6.30. The van der Waals surface area contributed by atoms with Crippen molar-refractivity contribution in [3.8, 4) is 0 Å². The van der Waals surface area contributed by atoms with Crippen molar-refractivity contribution in [1.82, 2.24) is 10.6 Å². The first-order chi connectivity index (χ1) is 11.0. The lowest BCUT2D eigenvalue weighted by Crippen LogP contribution is -2.30. The Bertz CT molecular complexity index is 670. The van der Waals surface area contributed by atoms with E-state index in [4.69, 9.17) is 23.2 Å². The molecule has 0 saturated carbocycles. The Morgan fingerprint density at radius 2 is 1.39 bits per heavy atom. The second kappa shape index (κ2) is 8.56. The number of halogens is 2. The summed E-state index contributed by atoms with van der Waals surface area (Å²) in [5, 5.41) is 6.71. The molecule has 0 aliphatic carbocycles. The van der Waals surface area contributed by atoms with Gasteiger partial charge in [-0.15, -0.1) is 0 Å². The van der Waals surface area contributed by atoms with Gasteiger partial charge in [-0.3, -0.25) is 9.59 Å². The third-order valence-electron chi connectivity index (χ3n) is 3.15. The number of hydrogen-bond acceptors (Lipinski definition) is 2. The van der Waals surface area contributed by atoms with E-state index < -0.39 is 0 Å². The minimum absolute atomic E-state index is 0.128. The Morgan fingerprint density at radius 1 is 0.826 bits per heavy atom. The van der Waals surface area contributed by atoms with Crippen molar-refractivity contribution in [2.24, 2.45) is 0 Å². The Balaban J connectivity index is 1.69. The summed E-state index contributed by atoms with van der Waals surface area (Å²) in [5.74, 6) is -0.358. The highest BCUT2D eigenvalue weighted by Crippen LogP contribution is 2.10. The highest BCUT2D eigenvalue weighted by atomic mass is 35.5. The highest BCUT2D eigenvalue weighted by Gasteiger charge is 2.06. The van der Waals surface area contributed by atoms with E-state index in [0.29, 0.717) is 22.2 Å². The van der Waals surface area contributed by atoms with Crippen LogP contribution in [-0.4, -0.2) is 18.4 Å². The molecule has 0 aliphatic rings. The lowest BCUT2D eigenvalue weighted by Gasteiger charge is -2.07. The first-order valence-corrected chi connectivity index (χ1v) is 7.85. The monoisotopic (exact) mass is 350 g/mol. The first kappa shape index (κ1) is 17.3. The summed E-state index contributed by atoms with van der Waals surface area (Å²) in [6, 6.07) is 13.8. The van der Waals surface area contributed by atoms with Crippen LogP contribution in [0, 0.1) is 0 Å². The van der Waals surface area contributed by atoms with Crippen molar-refractivity contribution >= 4 is 35.0 Å². The normalized spacial score (nSPS) is 10.2. The zero-order valence-electron chi connectivity index (χ0n) is 12.3. The Morgan fingerprint density at radius 3 is 2.00 bits per heavy atom. The molecule has 0 aliphatic heterocycles. The fraction of sp³-hybridized carbons (Fsp3) is 0.176. The molecule has 0 aromatic heterocycles. The molecule has 0 unspecified atom stereocenters. The van der Waals surface area contributed by atoms with Crippen molar-refractivity contribution < 1.29 is 9.59 Å². The molecule has 120 valence electrons.